The average Bonchev–Trinajstić information content (AvgIpc) is 3.12. The van der Waals surface area contributed by atoms with Crippen LogP contribution in [0.15, 0.2) is 4.99 Å². The predicted molar refractivity (Wildman–Crippen MR) is 110 cm³/mol. The molecule has 0 aromatic heterocycles. The fourth-order valence-corrected chi connectivity index (χ4v) is 4.32. The first kappa shape index (κ1) is 21.2. The third-order valence-corrected chi connectivity index (χ3v) is 6.04. The van der Waals surface area contributed by atoms with Gasteiger partial charge in [-0.2, -0.15) is 0 Å². The van der Waals surface area contributed by atoms with E-state index in [-0.39, 0.29) is 41.9 Å². The van der Waals surface area contributed by atoms with E-state index < -0.39 is 11.6 Å². The van der Waals surface area contributed by atoms with Gasteiger partial charge in [0.2, 0.25) is 0 Å². The van der Waals surface area contributed by atoms with Crippen molar-refractivity contribution in [3.63, 3.8) is 0 Å². The van der Waals surface area contributed by atoms with Crippen LogP contribution < -0.4 is 16.0 Å². The second kappa shape index (κ2) is 8.73. The summed E-state index contributed by atoms with van der Waals surface area (Å²) in [6.45, 7) is 4.12. The molecular weight excluding hydrogens is 449 g/mol. The number of aliphatic imine (C=N–C) groups is 1. The van der Waals surface area contributed by atoms with E-state index in [2.05, 4.69) is 25.8 Å². The highest BCUT2D eigenvalue weighted by Gasteiger charge is 2.48. The van der Waals surface area contributed by atoms with Crippen LogP contribution >= 0.6 is 24.0 Å². The number of aliphatic hydroxyl groups is 1. The number of halogens is 1. The van der Waals surface area contributed by atoms with Gasteiger partial charge in [0.1, 0.15) is 5.54 Å². The van der Waals surface area contributed by atoms with Gasteiger partial charge in [0.05, 0.1) is 6.10 Å². The third-order valence-electron chi connectivity index (χ3n) is 6.04. The molecule has 0 spiro atoms. The largest absolute Gasteiger partial charge is 0.393 e. The van der Waals surface area contributed by atoms with Crippen molar-refractivity contribution in [2.75, 3.05) is 26.7 Å². The van der Waals surface area contributed by atoms with Crippen LogP contribution in [0, 0.1) is 11.8 Å². The summed E-state index contributed by atoms with van der Waals surface area (Å²) < 4.78 is 0. The smallest absolute Gasteiger partial charge is 0.322 e. The van der Waals surface area contributed by atoms with E-state index in [9.17, 15) is 14.7 Å². The fraction of sp³-hybridized carbons (Fsp3) is 0.824. The lowest BCUT2D eigenvalue weighted by Gasteiger charge is -2.40. The van der Waals surface area contributed by atoms with Crippen molar-refractivity contribution in [3.05, 3.63) is 0 Å². The molecule has 2 aliphatic heterocycles. The van der Waals surface area contributed by atoms with Crippen LogP contribution in [0.2, 0.25) is 0 Å². The van der Waals surface area contributed by atoms with Gasteiger partial charge < -0.3 is 20.6 Å². The van der Waals surface area contributed by atoms with Gasteiger partial charge in [0.15, 0.2) is 5.96 Å². The van der Waals surface area contributed by atoms with Crippen LogP contribution in [-0.4, -0.2) is 66.2 Å². The van der Waals surface area contributed by atoms with Crippen LogP contribution in [0.1, 0.15) is 39.0 Å². The first-order chi connectivity index (χ1) is 11.9. The first-order valence-electron chi connectivity index (χ1n) is 9.21. The van der Waals surface area contributed by atoms with Crippen molar-refractivity contribution in [2.45, 2.75) is 50.7 Å². The lowest BCUT2D eigenvalue weighted by atomic mass is 9.79. The van der Waals surface area contributed by atoms with Crippen LogP contribution in [0.5, 0.6) is 0 Å². The first-order valence-corrected chi connectivity index (χ1v) is 9.21. The molecule has 0 bridgehead atoms. The van der Waals surface area contributed by atoms with Gasteiger partial charge in [-0.15, -0.1) is 24.0 Å². The topological polar surface area (TPSA) is 106 Å². The van der Waals surface area contributed by atoms with Crippen molar-refractivity contribution in [1.82, 2.24) is 20.9 Å². The number of urea groups is 1. The molecule has 0 aromatic carbocycles. The predicted octanol–water partition coefficient (Wildman–Crippen LogP) is 0.651. The molecule has 0 radical (unpaired) electrons. The summed E-state index contributed by atoms with van der Waals surface area (Å²) in [6, 6.07) is -0.400. The fourth-order valence-electron chi connectivity index (χ4n) is 4.32. The van der Waals surface area contributed by atoms with Crippen LogP contribution in [0.3, 0.4) is 0 Å². The molecule has 1 aliphatic carbocycles. The highest BCUT2D eigenvalue weighted by atomic mass is 127. The molecule has 3 unspecified atom stereocenters. The zero-order chi connectivity index (χ0) is 18.0. The molecule has 4 N–H and O–H groups in total. The summed E-state index contributed by atoms with van der Waals surface area (Å²) in [4.78, 5) is 30.1. The molecule has 3 aliphatic rings. The van der Waals surface area contributed by atoms with Gasteiger partial charge in [-0.1, -0.05) is 6.42 Å². The summed E-state index contributed by atoms with van der Waals surface area (Å²) in [7, 11) is 1.77. The van der Waals surface area contributed by atoms with Crippen molar-refractivity contribution in [1.29, 1.82) is 0 Å². The second-order valence-electron chi connectivity index (χ2n) is 7.56. The summed E-state index contributed by atoms with van der Waals surface area (Å²) in [6.07, 6.45) is 4.46. The van der Waals surface area contributed by atoms with E-state index in [4.69, 9.17) is 0 Å². The minimum absolute atomic E-state index is 0. The van der Waals surface area contributed by atoms with Crippen molar-refractivity contribution >= 4 is 41.9 Å². The molecular formula is C17H30IN5O3. The molecule has 2 saturated heterocycles. The Balaban J connectivity index is 0.00000243. The highest BCUT2D eigenvalue weighted by Crippen LogP contribution is 2.31. The Bertz CT molecular complexity index is 565. The Morgan fingerprint density at radius 3 is 2.50 bits per heavy atom. The van der Waals surface area contributed by atoms with E-state index in [1.54, 1.807) is 7.05 Å². The SMILES string of the molecule is CN=C(NCC1CCCC1O)N1CCC(C2(C)NC(=O)NC2=O)CC1.I. The molecule has 2 heterocycles. The molecule has 3 fully saturated rings. The maximum atomic E-state index is 12.1. The number of rotatable bonds is 3. The van der Waals surface area contributed by atoms with Crippen molar-refractivity contribution in [2.24, 2.45) is 16.8 Å². The normalized spacial score (nSPS) is 32.9. The van der Waals surface area contributed by atoms with Gasteiger partial charge in [-0.05, 0) is 38.5 Å². The summed E-state index contributed by atoms with van der Waals surface area (Å²) in [5.41, 5.74) is -0.811. The van der Waals surface area contributed by atoms with Gasteiger partial charge in [-0.25, -0.2) is 4.79 Å². The molecule has 8 nitrogen and oxygen atoms in total. The van der Waals surface area contributed by atoms with Crippen molar-refractivity contribution in [3.8, 4) is 0 Å². The summed E-state index contributed by atoms with van der Waals surface area (Å²) in [5, 5.41) is 18.5. The van der Waals surface area contributed by atoms with Gasteiger partial charge in [0, 0.05) is 32.6 Å². The van der Waals surface area contributed by atoms with E-state index in [0.29, 0.717) is 5.92 Å². The molecule has 3 atom stereocenters. The number of piperidine rings is 1. The maximum absolute atomic E-state index is 12.1. The zero-order valence-electron chi connectivity index (χ0n) is 15.5. The number of likely N-dealkylation sites (tertiary alicyclic amines) is 1. The van der Waals surface area contributed by atoms with E-state index >= 15 is 0 Å². The third kappa shape index (κ3) is 4.24. The Morgan fingerprint density at radius 1 is 1.31 bits per heavy atom. The minimum Gasteiger partial charge on any atom is -0.393 e. The Morgan fingerprint density at radius 2 is 2.00 bits per heavy atom. The molecule has 3 rings (SSSR count). The molecule has 9 heteroatoms. The monoisotopic (exact) mass is 479 g/mol. The number of guanidine groups is 1. The van der Waals surface area contributed by atoms with Gasteiger partial charge >= 0.3 is 6.03 Å². The molecule has 148 valence electrons. The van der Waals surface area contributed by atoms with Crippen LogP contribution in [0.25, 0.3) is 0 Å². The minimum atomic E-state index is -0.811. The number of carbonyl (C=O) groups is 2. The molecule has 3 amide bonds. The quantitative estimate of drug-likeness (QED) is 0.206. The number of nitrogens with zero attached hydrogens (tertiary/aromatic N) is 2. The number of nitrogens with one attached hydrogen (secondary N) is 3. The number of amides is 3. The Labute approximate surface area is 171 Å². The van der Waals surface area contributed by atoms with E-state index in [1.165, 1.54) is 0 Å². The summed E-state index contributed by atoms with van der Waals surface area (Å²) in [5.74, 6) is 1.03. The number of imide groups is 1. The second-order valence-corrected chi connectivity index (χ2v) is 7.56. The highest BCUT2D eigenvalue weighted by molar-refractivity contribution is 14.0. The van der Waals surface area contributed by atoms with E-state index in [0.717, 1.165) is 57.7 Å². The van der Waals surface area contributed by atoms with Gasteiger partial charge in [0.25, 0.3) is 5.91 Å². The molecule has 26 heavy (non-hydrogen) atoms. The van der Waals surface area contributed by atoms with Crippen LogP contribution in [0.4, 0.5) is 4.79 Å². The lowest BCUT2D eigenvalue weighted by molar-refractivity contribution is -0.125. The zero-order valence-corrected chi connectivity index (χ0v) is 17.8. The molecule has 0 aromatic rings. The number of aliphatic hydroxyl groups excluding tert-OH is 1. The standard InChI is InChI=1S/C17H29N5O3.HI/c1-17(14(24)20-16(25)21-17)12-6-8-22(9-7-12)15(18-2)19-10-11-4-3-5-13(11)23;/h11-13,23H,3-10H2,1-2H3,(H,18,19)(H2,20,21,24,25);1H. The van der Waals surface area contributed by atoms with Crippen molar-refractivity contribution < 1.29 is 14.7 Å². The molecule has 1 saturated carbocycles. The van der Waals surface area contributed by atoms with E-state index in [1.807, 2.05) is 6.92 Å². The number of hydrogen-bond donors (Lipinski definition) is 4. The number of carbonyl (C=O) groups excluding carboxylic acids is 2. The van der Waals surface area contributed by atoms with Gasteiger partial charge in [-0.3, -0.25) is 15.1 Å². The Kier molecular flexibility index (Phi) is 7.12. The summed E-state index contributed by atoms with van der Waals surface area (Å²) >= 11 is 0. The number of hydrogen-bond acceptors (Lipinski definition) is 4. The van der Waals surface area contributed by atoms with Crippen LogP contribution in [-0.2, 0) is 4.79 Å². The average molecular weight is 479 g/mol. The maximum Gasteiger partial charge on any atom is 0.322 e. The lowest BCUT2D eigenvalue weighted by Crippen LogP contribution is -2.55. The Hall–Kier alpha value is -1.10.